The fraction of sp³-hybridized carbons (Fsp3) is 0.875. The normalized spacial score (nSPS) is 41.8. The Morgan fingerprint density at radius 2 is 2.00 bits per heavy atom. The van der Waals surface area contributed by atoms with Crippen LogP contribution in [0.4, 0.5) is 0 Å². The summed E-state index contributed by atoms with van der Waals surface area (Å²) in [5.74, 6) is -0.0349. The largest absolute Gasteiger partial charge is 0.466 e. The standard InChI is InChI=1S/C8H13NO2.ClH/c1-2-11-6(10)7-3-8(9,4-7)5-7;/h2-5,9H2,1H3;1H. The van der Waals surface area contributed by atoms with Crippen molar-refractivity contribution in [1.82, 2.24) is 0 Å². The van der Waals surface area contributed by atoms with Crippen molar-refractivity contribution in [1.29, 1.82) is 0 Å². The van der Waals surface area contributed by atoms with E-state index in [4.69, 9.17) is 10.5 Å². The lowest BCUT2D eigenvalue weighted by Gasteiger charge is -2.66. The van der Waals surface area contributed by atoms with Gasteiger partial charge in [0.1, 0.15) is 0 Å². The minimum atomic E-state index is -0.148. The molecule has 3 aliphatic carbocycles. The third-order valence-corrected chi connectivity index (χ3v) is 2.78. The fourth-order valence-electron chi connectivity index (χ4n) is 2.37. The quantitative estimate of drug-likeness (QED) is 0.659. The van der Waals surface area contributed by atoms with Crippen LogP contribution in [0.15, 0.2) is 0 Å². The molecule has 3 aliphatic rings. The van der Waals surface area contributed by atoms with Gasteiger partial charge in [0.05, 0.1) is 12.0 Å². The van der Waals surface area contributed by atoms with E-state index in [9.17, 15) is 4.79 Å². The van der Waals surface area contributed by atoms with Crippen LogP contribution in [0.5, 0.6) is 0 Å². The molecule has 3 nitrogen and oxygen atoms in total. The molecule has 0 radical (unpaired) electrons. The van der Waals surface area contributed by atoms with Crippen LogP contribution in [-0.4, -0.2) is 18.1 Å². The number of ether oxygens (including phenoxy) is 1. The Hall–Kier alpha value is -0.280. The van der Waals surface area contributed by atoms with E-state index < -0.39 is 0 Å². The third-order valence-electron chi connectivity index (χ3n) is 2.78. The van der Waals surface area contributed by atoms with E-state index >= 15 is 0 Å². The van der Waals surface area contributed by atoms with Crippen molar-refractivity contribution in [2.45, 2.75) is 31.7 Å². The van der Waals surface area contributed by atoms with Crippen molar-refractivity contribution in [2.24, 2.45) is 11.1 Å². The van der Waals surface area contributed by atoms with Crippen LogP contribution in [0.1, 0.15) is 26.2 Å². The van der Waals surface area contributed by atoms with Crippen molar-refractivity contribution in [2.75, 3.05) is 6.61 Å². The highest BCUT2D eigenvalue weighted by molar-refractivity contribution is 5.85. The highest BCUT2D eigenvalue weighted by Crippen LogP contribution is 2.66. The predicted molar refractivity (Wildman–Crippen MR) is 47.1 cm³/mol. The molecule has 0 spiro atoms. The number of carbonyl (C=O) groups excluding carboxylic acids is 1. The Kier molecular flexibility index (Phi) is 2.13. The first-order valence-electron chi connectivity index (χ1n) is 4.06. The maximum atomic E-state index is 11.2. The van der Waals surface area contributed by atoms with Crippen LogP contribution < -0.4 is 5.73 Å². The van der Waals surface area contributed by atoms with Gasteiger partial charge in [-0.05, 0) is 26.2 Å². The van der Waals surface area contributed by atoms with Crippen LogP contribution in [0.3, 0.4) is 0 Å². The molecular formula is C8H14ClNO2. The molecule has 70 valence electrons. The summed E-state index contributed by atoms with van der Waals surface area (Å²) in [7, 11) is 0. The molecule has 3 saturated carbocycles. The average Bonchev–Trinajstić information content (AvgIpc) is 1.79. The zero-order valence-corrected chi connectivity index (χ0v) is 7.95. The van der Waals surface area contributed by atoms with Crippen LogP contribution in [0.25, 0.3) is 0 Å². The molecule has 0 aromatic rings. The van der Waals surface area contributed by atoms with Crippen molar-refractivity contribution in [3.63, 3.8) is 0 Å². The number of hydrogen-bond donors (Lipinski definition) is 1. The van der Waals surface area contributed by atoms with E-state index in [1.54, 1.807) is 0 Å². The van der Waals surface area contributed by atoms with Gasteiger partial charge in [-0.1, -0.05) is 0 Å². The number of rotatable bonds is 2. The van der Waals surface area contributed by atoms with Gasteiger partial charge < -0.3 is 10.5 Å². The lowest BCUT2D eigenvalue weighted by atomic mass is 9.40. The summed E-state index contributed by atoms with van der Waals surface area (Å²) in [6, 6.07) is 0. The first kappa shape index (κ1) is 9.81. The molecule has 3 rings (SSSR count). The monoisotopic (exact) mass is 191 g/mol. The summed E-state index contributed by atoms with van der Waals surface area (Å²) >= 11 is 0. The van der Waals surface area contributed by atoms with Gasteiger partial charge >= 0.3 is 5.97 Å². The summed E-state index contributed by atoms with van der Waals surface area (Å²) < 4.78 is 4.94. The van der Waals surface area contributed by atoms with E-state index in [1.807, 2.05) is 6.92 Å². The minimum absolute atomic E-state index is 0. The van der Waals surface area contributed by atoms with Gasteiger partial charge in [-0.15, -0.1) is 12.4 Å². The Balaban J connectivity index is 0.000000720. The first-order chi connectivity index (χ1) is 5.10. The third kappa shape index (κ3) is 1.04. The van der Waals surface area contributed by atoms with Crippen molar-refractivity contribution >= 4 is 18.4 Å². The van der Waals surface area contributed by atoms with Gasteiger partial charge in [-0.25, -0.2) is 0 Å². The summed E-state index contributed by atoms with van der Waals surface area (Å²) in [6.45, 7) is 2.32. The summed E-state index contributed by atoms with van der Waals surface area (Å²) in [4.78, 5) is 11.2. The molecule has 0 saturated heterocycles. The highest BCUT2D eigenvalue weighted by atomic mass is 35.5. The maximum Gasteiger partial charge on any atom is 0.312 e. The molecule has 2 N–H and O–H groups in total. The second-order valence-corrected chi connectivity index (χ2v) is 3.89. The Morgan fingerprint density at radius 3 is 2.33 bits per heavy atom. The molecule has 3 fully saturated rings. The van der Waals surface area contributed by atoms with Crippen molar-refractivity contribution in [3.8, 4) is 0 Å². The van der Waals surface area contributed by atoms with E-state index in [0.29, 0.717) is 6.61 Å². The number of esters is 1. The van der Waals surface area contributed by atoms with E-state index in [2.05, 4.69) is 0 Å². The van der Waals surface area contributed by atoms with Crippen molar-refractivity contribution < 1.29 is 9.53 Å². The van der Waals surface area contributed by atoms with Crippen molar-refractivity contribution in [3.05, 3.63) is 0 Å². The molecule has 0 unspecified atom stereocenters. The Morgan fingerprint density at radius 1 is 1.50 bits per heavy atom. The maximum absolute atomic E-state index is 11.2. The summed E-state index contributed by atoms with van der Waals surface area (Å²) in [5, 5.41) is 0. The number of nitrogens with two attached hydrogens (primary N) is 1. The zero-order chi connectivity index (χ0) is 8.11. The van der Waals surface area contributed by atoms with Crippen LogP contribution in [0.2, 0.25) is 0 Å². The molecule has 12 heavy (non-hydrogen) atoms. The van der Waals surface area contributed by atoms with Gasteiger partial charge in [0.2, 0.25) is 0 Å². The van der Waals surface area contributed by atoms with Gasteiger partial charge in [0, 0.05) is 5.54 Å². The molecule has 0 aromatic carbocycles. The fourth-order valence-corrected chi connectivity index (χ4v) is 2.37. The smallest absolute Gasteiger partial charge is 0.312 e. The highest BCUT2D eigenvalue weighted by Gasteiger charge is 2.70. The molecule has 0 amide bonds. The Bertz CT molecular complexity index is 197. The molecule has 2 bridgehead atoms. The zero-order valence-electron chi connectivity index (χ0n) is 7.13. The summed E-state index contributed by atoms with van der Waals surface area (Å²) in [6.07, 6.45) is 2.54. The minimum Gasteiger partial charge on any atom is -0.466 e. The lowest BCUT2D eigenvalue weighted by molar-refractivity contribution is -0.197. The molecule has 0 aliphatic heterocycles. The molecule has 4 heteroatoms. The second kappa shape index (κ2) is 2.60. The topological polar surface area (TPSA) is 52.3 Å². The lowest BCUT2D eigenvalue weighted by Crippen LogP contribution is -2.75. The predicted octanol–water partition coefficient (Wildman–Crippen LogP) is 0.853. The second-order valence-electron chi connectivity index (χ2n) is 3.89. The van der Waals surface area contributed by atoms with Crippen LogP contribution in [-0.2, 0) is 9.53 Å². The van der Waals surface area contributed by atoms with E-state index in [1.165, 1.54) is 0 Å². The number of hydrogen-bond acceptors (Lipinski definition) is 3. The number of halogens is 1. The van der Waals surface area contributed by atoms with Gasteiger partial charge in [0.15, 0.2) is 0 Å². The van der Waals surface area contributed by atoms with Crippen LogP contribution in [0, 0.1) is 5.41 Å². The van der Waals surface area contributed by atoms with Gasteiger partial charge in [-0.3, -0.25) is 4.79 Å². The Labute approximate surface area is 78.1 Å². The first-order valence-corrected chi connectivity index (χ1v) is 4.06. The van der Waals surface area contributed by atoms with Crippen LogP contribution >= 0.6 is 12.4 Å². The molecule has 0 atom stereocenters. The van der Waals surface area contributed by atoms with E-state index in [-0.39, 0.29) is 29.3 Å². The average molecular weight is 192 g/mol. The van der Waals surface area contributed by atoms with E-state index in [0.717, 1.165) is 19.3 Å². The summed E-state index contributed by atoms with van der Waals surface area (Å²) in [5.41, 5.74) is 5.66. The SMILES string of the molecule is CCOC(=O)C12CC(N)(C1)C2.Cl. The molecule has 0 aromatic heterocycles. The number of carbonyl (C=O) groups is 1. The van der Waals surface area contributed by atoms with Gasteiger partial charge in [-0.2, -0.15) is 0 Å². The molecule has 0 heterocycles. The van der Waals surface area contributed by atoms with Gasteiger partial charge in [0.25, 0.3) is 0 Å². The molecular weight excluding hydrogens is 178 g/mol.